The van der Waals surface area contributed by atoms with Gasteiger partial charge in [-0.15, -0.1) is 11.3 Å². The summed E-state index contributed by atoms with van der Waals surface area (Å²) in [5.74, 6) is 1.98. The van der Waals surface area contributed by atoms with Crippen molar-refractivity contribution in [3.63, 3.8) is 0 Å². The van der Waals surface area contributed by atoms with Gasteiger partial charge in [0, 0.05) is 80.9 Å². The Balaban J connectivity index is 0.947. The third kappa shape index (κ3) is 6.43. The highest BCUT2D eigenvalue weighted by Gasteiger charge is 2.23. The molecule has 0 aliphatic heterocycles. The molecule has 5 heterocycles. The lowest BCUT2D eigenvalue weighted by Gasteiger charge is -2.10. The number of hydrogen-bond acceptors (Lipinski definition) is 5. The smallest absolute Gasteiger partial charge is 0.165 e. The van der Waals surface area contributed by atoms with Crippen LogP contribution in [0, 0.1) is 0 Å². The zero-order valence-corrected chi connectivity index (χ0v) is 40.0. The van der Waals surface area contributed by atoms with E-state index < -0.39 is 0 Å². The summed E-state index contributed by atoms with van der Waals surface area (Å²) in [7, 11) is 0. The molecular weight excluding hydrogens is 887 g/mol. The maximum atomic E-state index is 7.18. The first-order valence-corrected chi connectivity index (χ1v) is 25.3. The first-order valence-electron chi connectivity index (χ1n) is 24.5. The second-order valence-corrected chi connectivity index (χ2v) is 19.4. The van der Waals surface area contributed by atoms with Gasteiger partial charge >= 0.3 is 0 Å². The van der Waals surface area contributed by atoms with Gasteiger partial charge in [0.2, 0.25) is 0 Å². The Hall–Kier alpha value is -8.65. The lowest BCUT2D eigenvalue weighted by atomic mass is 10.00. The zero-order valence-electron chi connectivity index (χ0n) is 39.2. The van der Waals surface area contributed by atoms with Gasteiger partial charge in [-0.3, -0.25) is 0 Å². The molecule has 0 spiro atoms. The summed E-state index contributed by atoms with van der Waals surface area (Å²) >= 11 is 1.81. The first kappa shape index (κ1) is 41.3. The Bertz CT molecular complexity index is 4510. The second-order valence-electron chi connectivity index (χ2n) is 18.3. The van der Waals surface area contributed by atoms with Gasteiger partial charge in [0.25, 0.3) is 0 Å². The molecule has 6 nitrogen and oxygen atoms in total. The zero-order chi connectivity index (χ0) is 47.2. The minimum atomic E-state index is 0.656. The predicted molar refractivity (Wildman–Crippen MR) is 298 cm³/mol. The fraction of sp³-hybridized carbons (Fsp3) is 0.0781. The topological polar surface area (TPSA) is 61.7 Å². The molecule has 0 amide bonds. The highest BCUT2D eigenvalue weighted by Crippen LogP contribution is 2.45. The van der Waals surface area contributed by atoms with Crippen LogP contribution in [0.5, 0.6) is 0 Å². The van der Waals surface area contributed by atoms with E-state index in [1.54, 1.807) is 11.3 Å². The summed E-state index contributed by atoms with van der Waals surface area (Å²) < 4.78 is 14.4. The minimum Gasteiger partial charge on any atom is -0.453 e. The largest absolute Gasteiger partial charge is 0.453 e. The van der Waals surface area contributed by atoms with Gasteiger partial charge in [-0.05, 0) is 80.3 Å². The fourth-order valence-corrected chi connectivity index (χ4v) is 12.4. The van der Waals surface area contributed by atoms with Gasteiger partial charge in [0.05, 0.1) is 26.9 Å². The number of rotatable bonds is 8. The molecule has 0 unspecified atom stereocenters. The number of thiophene rings is 1. The Kier molecular flexibility index (Phi) is 9.61. The quantitative estimate of drug-likeness (QED) is 0.142. The first-order chi connectivity index (χ1) is 35.1. The van der Waals surface area contributed by atoms with Gasteiger partial charge in [-0.25, -0.2) is 15.0 Å². The highest BCUT2D eigenvalue weighted by molar-refractivity contribution is 7.26. The standard InChI is InChI=1S/C64H45N5OS/c1-3-18-39(19-4-2)62-65-63(40-20-7-5-8-21-40)67-64(66-62)51-30-16-28-49-50-29-17-33-56(61(50)71-60(49)51)69-54-32-14-12-25-45(54)52-38-41(34-37-55(52)69)43-26-15-27-47-48-36-35-46-44-24-11-13-31-53(44)68(42-22-9-6-10-23-42)57(46)59(48)70-58(43)47/h3,5-10,12,14-38H,4,11,13H2,1-2H3/b18-3-,39-19+. The Morgan fingerprint density at radius 3 is 2.10 bits per heavy atom. The number of allylic oxidation sites excluding steroid dienone is 4. The van der Waals surface area contributed by atoms with Crippen molar-refractivity contribution in [1.82, 2.24) is 24.1 Å². The molecule has 14 rings (SSSR count). The van der Waals surface area contributed by atoms with Gasteiger partial charge in [0.1, 0.15) is 5.58 Å². The van der Waals surface area contributed by atoms with Crippen molar-refractivity contribution in [1.29, 1.82) is 0 Å². The van der Waals surface area contributed by atoms with Crippen LogP contribution in [0.15, 0.2) is 193 Å². The lowest BCUT2D eigenvalue weighted by Crippen LogP contribution is -2.30. The third-order valence-electron chi connectivity index (χ3n) is 14.2. The van der Waals surface area contributed by atoms with E-state index in [4.69, 9.17) is 19.4 Å². The van der Waals surface area contributed by atoms with Gasteiger partial charge in [-0.1, -0.05) is 159 Å². The molecule has 1 aliphatic carbocycles. The van der Waals surface area contributed by atoms with E-state index >= 15 is 0 Å². The monoisotopic (exact) mass is 931 g/mol. The molecule has 338 valence electrons. The van der Waals surface area contributed by atoms with Crippen LogP contribution in [0.25, 0.3) is 138 Å². The molecule has 71 heavy (non-hydrogen) atoms. The number of fused-ring (bicyclic) bond motifs is 13. The summed E-state index contributed by atoms with van der Waals surface area (Å²) in [6, 6.07) is 61.0. The molecule has 7 heteroatoms. The molecule has 0 N–H and O–H groups in total. The van der Waals surface area contributed by atoms with Crippen molar-refractivity contribution in [3.8, 4) is 45.3 Å². The molecule has 0 atom stereocenters. The van der Waals surface area contributed by atoms with Gasteiger partial charge in [-0.2, -0.15) is 0 Å². The number of hydrogen-bond donors (Lipinski definition) is 0. The van der Waals surface area contributed by atoms with Crippen LogP contribution in [-0.4, -0.2) is 24.1 Å². The van der Waals surface area contributed by atoms with E-state index in [1.165, 1.54) is 42.2 Å². The lowest BCUT2D eigenvalue weighted by molar-refractivity contribution is 0.672. The third-order valence-corrected chi connectivity index (χ3v) is 15.5. The number of aromatic nitrogens is 5. The Morgan fingerprint density at radius 1 is 0.563 bits per heavy atom. The summed E-state index contributed by atoms with van der Waals surface area (Å²) in [6.45, 7) is 4.17. The molecular formula is C64H45N5OS. The number of nitrogens with zero attached hydrogens (tertiary/aromatic N) is 5. The second kappa shape index (κ2) is 16.5. The maximum Gasteiger partial charge on any atom is 0.165 e. The molecule has 0 radical (unpaired) electrons. The van der Waals surface area contributed by atoms with Crippen LogP contribution < -0.4 is 10.6 Å². The number of para-hydroxylation sites is 3. The number of benzene rings is 8. The molecule has 8 aromatic carbocycles. The normalized spacial score (nSPS) is 13.1. The van der Waals surface area contributed by atoms with E-state index in [1.807, 2.05) is 31.2 Å². The van der Waals surface area contributed by atoms with Crippen LogP contribution in [0.1, 0.15) is 38.9 Å². The Morgan fingerprint density at radius 2 is 1.25 bits per heavy atom. The molecule has 0 bridgehead atoms. The summed E-state index contributed by atoms with van der Waals surface area (Å²) in [4.78, 5) is 15.4. The summed E-state index contributed by atoms with van der Waals surface area (Å²) in [5, 5.41) is 10.8. The van der Waals surface area contributed by atoms with Crippen LogP contribution in [0.2, 0.25) is 0 Å². The van der Waals surface area contributed by atoms with Crippen LogP contribution in [0.3, 0.4) is 0 Å². The molecule has 0 saturated carbocycles. The van der Waals surface area contributed by atoms with Crippen molar-refractivity contribution < 1.29 is 4.42 Å². The molecule has 5 aromatic heterocycles. The van der Waals surface area contributed by atoms with Gasteiger partial charge < -0.3 is 13.6 Å². The van der Waals surface area contributed by atoms with Crippen molar-refractivity contribution in [2.24, 2.45) is 0 Å². The van der Waals surface area contributed by atoms with E-state index in [2.05, 4.69) is 192 Å². The number of furan rings is 1. The van der Waals surface area contributed by atoms with Gasteiger partial charge in [0.15, 0.2) is 23.1 Å². The van der Waals surface area contributed by atoms with Crippen molar-refractivity contribution in [2.75, 3.05) is 0 Å². The van der Waals surface area contributed by atoms with E-state index in [-0.39, 0.29) is 0 Å². The summed E-state index contributed by atoms with van der Waals surface area (Å²) in [5.41, 5.74) is 12.6. The summed E-state index contributed by atoms with van der Waals surface area (Å²) in [6.07, 6.45) is 14.0. The molecule has 13 aromatic rings. The maximum absolute atomic E-state index is 7.18. The Labute approximate surface area is 413 Å². The van der Waals surface area contributed by atoms with E-state index in [0.717, 1.165) is 102 Å². The van der Waals surface area contributed by atoms with Crippen LogP contribution >= 0.6 is 11.3 Å². The van der Waals surface area contributed by atoms with Crippen LogP contribution in [0.4, 0.5) is 0 Å². The molecule has 1 aliphatic rings. The van der Waals surface area contributed by atoms with E-state index in [9.17, 15) is 0 Å². The van der Waals surface area contributed by atoms with Crippen LogP contribution in [-0.2, 0) is 0 Å². The molecule has 0 fully saturated rings. The predicted octanol–water partition coefficient (Wildman–Crippen LogP) is 15.9. The SMILES string of the molecule is C/C=C\C(=C/CC)c1nc(-c2ccccc2)nc(-c2cccc3c2sc2c(-n4c5ccccc5c5cc(-c6cccc7c6oc6c7ccc7c8c(n(-c9ccccc9)c76)=CCCC=8)ccc54)cccc23)n1. The van der Waals surface area contributed by atoms with Crippen molar-refractivity contribution in [2.45, 2.75) is 33.1 Å². The average Bonchev–Trinajstić information content (AvgIpc) is 4.19. The fourth-order valence-electron chi connectivity index (χ4n) is 11.1. The van der Waals surface area contributed by atoms with Crippen molar-refractivity contribution in [3.05, 3.63) is 204 Å². The molecule has 0 saturated heterocycles. The van der Waals surface area contributed by atoms with Crippen molar-refractivity contribution >= 4 is 104 Å². The minimum absolute atomic E-state index is 0.656. The van der Waals surface area contributed by atoms with E-state index in [0.29, 0.717) is 17.5 Å². The highest BCUT2D eigenvalue weighted by atomic mass is 32.1. The average molecular weight is 932 g/mol.